The van der Waals surface area contributed by atoms with E-state index in [1.807, 2.05) is 36.4 Å². The van der Waals surface area contributed by atoms with Crippen LogP contribution in [0.2, 0.25) is 5.02 Å². The number of para-hydroxylation sites is 1. The van der Waals surface area contributed by atoms with Crippen LogP contribution in [-0.2, 0) is 0 Å². The Bertz CT molecular complexity index is 1360. The van der Waals surface area contributed by atoms with Crippen LogP contribution in [0.5, 0.6) is 5.75 Å². The Morgan fingerprint density at radius 1 is 1.15 bits per heavy atom. The van der Waals surface area contributed by atoms with Crippen molar-refractivity contribution < 1.29 is 9.53 Å². The molecule has 0 radical (unpaired) electrons. The zero-order valence-corrected chi connectivity index (χ0v) is 19.5. The van der Waals surface area contributed by atoms with Crippen LogP contribution in [0.1, 0.15) is 29.6 Å². The number of fused-ring (bicyclic) bond motifs is 1. The number of nitrogens with zero attached hydrogens (tertiary/aromatic N) is 4. The van der Waals surface area contributed by atoms with Crippen LogP contribution in [0.15, 0.2) is 54.9 Å². The van der Waals surface area contributed by atoms with E-state index in [2.05, 4.69) is 26.3 Å². The van der Waals surface area contributed by atoms with Gasteiger partial charge in [-0.3, -0.25) is 9.36 Å². The summed E-state index contributed by atoms with van der Waals surface area (Å²) in [6.07, 6.45) is 6.84. The fourth-order valence-corrected chi connectivity index (χ4v) is 4.60. The van der Waals surface area contributed by atoms with Gasteiger partial charge in [0.05, 0.1) is 30.1 Å². The van der Waals surface area contributed by atoms with Crippen molar-refractivity contribution in [2.75, 3.05) is 30.4 Å². The first kappa shape index (κ1) is 22.0. The number of piperidine rings is 1. The highest BCUT2D eigenvalue weighted by Gasteiger charge is 2.18. The molecule has 3 heterocycles. The van der Waals surface area contributed by atoms with E-state index in [1.54, 1.807) is 17.9 Å². The van der Waals surface area contributed by atoms with Gasteiger partial charge in [-0.2, -0.15) is 4.98 Å². The van der Waals surface area contributed by atoms with E-state index in [9.17, 15) is 4.79 Å². The summed E-state index contributed by atoms with van der Waals surface area (Å²) in [5.41, 5.74) is 8.64. The summed E-state index contributed by atoms with van der Waals surface area (Å²) in [5.74, 6) is 1.09. The third kappa shape index (κ3) is 4.12. The van der Waals surface area contributed by atoms with Crippen LogP contribution < -0.4 is 20.7 Å². The number of primary amides is 1. The highest BCUT2D eigenvalue weighted by Crippen LogP contribution is 2.34. The number of carbonyl (C=O) groups is 1. The number of anilines is 3. The third-order valence-corrected chi connectivity index (χ3v) is 6.33. The summed E-state index contributed by atoms with van der Waals surface area (Å²) < 4.78 is 7.43. The van der Waals surface area contributed by atoms with E-state index in [4.69, 9.17) is 22.1 Å². The smallest absolute Gasteiger partial charge is 0.250 e. The maximum absolute atomic E-state index is 12.0. The van der Waals surface area contributed by atoms with Crippen molar-refractivity contribution in [2.45, 2.75) is 19.3 Å². The molecule has 1 amide bonds. The first-order chi connectivity index (χ1) is 16.5. The lowest BCUT2D eigenvalue weighted by atomic mass is 10.1. The summed E-state index contributed by atoms with van der Waals surface area (Å²) in [6.45, 7) is 2.07. The molecule has 34 heavy (non-hydrogen) atoms. The number of methoxy groups -OCH3 is 1. The van der Waals surface area contributed by atoms with Crippen molar-refractivity contribution in [3.63, 3.8) is 0 Å². The maximum Gasteiger partial charge on any atom is 0.250 e. The molecule has 1 aliphatic rings. The fraction of sp³-hybridized carbons (Fsp3) is 0.240. The van der Waals surface area contributed by atoms with Gasteiger partial charge < -0.3 is 20.7 Å². The number of halogens is 1. The number of carbonyl (C=O) groups excluding carboxylic acids is 1. The molecule has 0 spiro atoms. The first-order valence-electron chi connectivity index (χ1n) is 11.2. The van der Waals surface area contributed by atoms with Gasteiger partial charge in [-0.25, -0.2) is 4.98 Å². The lowest BCUT2D eigenvalue weighted by Gasteiger charge is -2.30. The number of nitrogens with one attached hydrogen (secondary N) is 1. The number of aromatic nitrogens is 3. The number of rotatable bonds is 6. The van der Waals surface area contributed by atoms with Gasteiger partial charge in [0.15, 0.2) is 5.82 Å². The molecule has 9 heteroatoms. The summed E-state index contributed by atoms with van der Waals surface area (Å²) in [5, 5.41) is 4.32. The summed E-state index contributed by atoms with van der Waals surface area (Å²) >= 11 is 6.46. The quantitative estimate of drug-likeness (QED) is 0.410. The average molecular weight is 477 g/mol. The van der Waals surface area contributed by atoms with Gasteiger partial charge in [-0.15, -0.1) is 0 Å². The number of benzene rings is 2. The van der Waals surface area contributed by atoms with E-state index in [0.29, 0.717) is 22.4 Å². The van der Waals surface area contributed by atoms with Crippen molar-refractivity contribution >= 4 is 45.7 Å². The second kappa shape index (κ2) is 9.23. The number of ether oxygens (including phenoxy) is 1. The molecule has 2 aromatic carbocycles. The van der Waals surface area contributed by atoms with E-state index in [0.717, 1.165) is 41.1 Å². The summed E-state index contributed by atoms with van der Waals surface area (Å²) in [6, 6.07) is 13.5. The van der Waals surface area contributed by atoms with Gasteiger partial charge in [-0.05, 0) is 37.5 Å². The van der Waals surface area contributed by atoms with Crippen molar-refractivity contribution in [1.29, 1.82) is 0 Å². The monoisotopic (exact) mass is 476 g/mol. The van der Waals surface area contributed by atoms with Gasteiger partial charge in [0.1, 0.15) is 10.8 Å². The van der Waals surface area contributed by atoms with Crippen LogP contribution in [0.3, 0.4) is 0 Å². The minimum absolute atomic E-state index is 0.348. The Balaban J connectivity index is 1.49. The zero-order chi connectivity index (χ0) is 23.7. The minimum Gasteiger partial charge on any atom is -0.495 e. The maximum atomic E-state index is 12.0. The molecular formula is C25H25ClN6O2. The first-order valence-corrected chi connectivity index (χ1v) is 11.6. The predicted octanol–water partition coefficient (Wildman–Crippen LogP) is 4.92. The van der Waals surface area contributed by atoms with Gasteiger partial charge in [-0.1, -0.05) is 29.8 Å². The Morgan fingerprint density at radius 2 is 1.94 bits per heavy atom. The Hall–Kier alpha value is -3.78. The number of hydrogen-bond donors (Lipinski definition) is 2. The van der Waals surface area contributed by atoms with Crippen molar-refractivity contribution in [3.05, 3.63) is 65.4 Å². The number of amides is 1. The lowest BCUT2D eigenvalue weighted by molar-refractivity contribution is 0.100. The molecule has 0 aliphatic carbocycles. The van der Waals surface area contributed by atoms with E-state index < -0.39 is 5.91 Å². The highest BCUT2D eigenvalue weighted by molar-refractivity contribution is 6.32. The zero-order valence-electron chi connectivity index (χ0n) is 18.8. The third-order valence-electron chi connectivity index (χ3n) is 6.06. The topological polar surface area (TPSA) is 98.3 Å². The summed E-state index contributed by atoms with van der Waals surface area (Å²) in [7, 11) is 1.68. The van der Waals surface area contributed by atoms with E-state index in [-0.39, 0.29) is 0 Å². The van der Waals surface area contributed by atoms with Crippen molar-refractivity contribution in [1.82, 2.24) is 14.5 Å². The predicted molar refractivity (Wildman–Crippen MR) is 135 cm³/mol. The lowest BCUT2D eigenvalue weighted by Crippen LogP contribution is -2.29. The molecule has 0 atom stereocenters. The Morgan fingerprint density at radius 3 is 2.71 bits per heavy atom. The molecule has 0 bridgehead atoms. The molecule has 2 aromatic heterocycles. The molecule has 0 unspecified atom stereocenters. The van der Waals surface area contributed by atoms with E-state index >= 15 is 0 Å². The molecule has 8 nitrogen and oxygen atoms in total. The summed E-state index contributed by atoms with van der Waals surface area (Å²) in [4.78, 5) is 23.3. The molecule has 1 aliphatic heterocycles. The molecule has 1 saturated heterocycles. The van der Waals surface area contributed by atoms with Crippen LogP contribution in [0, 0.1) is 0 Å². The van der Waals surface area contributed by atoms with Gasteiger partial charge in [0.2, 0.25) is 5.95 Å². The molecule has 0 saturated carbocycles. The van der Waals surface area contributed by atoms with Crippen molar-refractivity contribution in [3.8, 4) is 11.6 Å². The Kier molecular flexibility index (Phi) is 5.98. The van der Waals surface area contributed by atoms with Gasteiger partial charge in [0.25, 0.3) is 5.91 Å². The number of nitrogens with two attached hydrogens (primary N) is 1. The van der Waals surface area contributed by atoms with Crippen LogP contribution in [0.4, 0.5) is 17.3 Å². The minimum atomic E-state index is -0.514. The van der Waals surface area contributed by atoms with Gasteiger partial charge in [0, 0.05) is 36.4 Å². The molecule has 174 valence electrons. The highest BCUT2D eigenvalue weighted by atomic mass is 35.5. The largest absolute Gasteiger partial charge is 0.495 e. The fourth-order valence-electron chi connectivity index (χ4n) is 4.42. The van der Waals surface area contributed by atoms with Gasteiger partial charge >= 0.3 is 0 Å². The van der Waals surface area contributed by atoms with E-state index in [1.165, 1.54) is 25.5 Å². The molecule has 5 rings (SSSR count). The number of hydrogen-bond acceptors (Lipinski definition) is 6. The normalized spacial score (nSPS) is 13.8. The molecule has 3 N–H and O–H groups in total. The Labute approximate surface area is 202 Å². The molecular weight excluding hydrogens is 452 g/mol. The molecule has 1 fully saturated rings. The second-order valence-electron chi connectivity index (χ2n) is 8.22. The van der Waals surface area contributed by atoms with Crippen molar-refractivity contribution in [2.24, 2.45) is 5.73 Å². The van der Waals surface area contributed by atoms with Crippen LogP contribution in [0.25, 0.3) is 16.7 Å². The van der Waals surface area contributed by atoms with Crippen LogP contribution >= 0.6 is 11.6 Å². The standard InChI is InChI=1S/C25H25ClN6O2/c1-34-22-13-16(9-10-21(22)31-11-5-2-6-12-31)29-25-28-14-19(26)24(30-25)32-15-18(23(27)33)17-7-3-4-8-20(17)32/h3-4,7-10,13-15H,2,5-6,11-12H2,1H3,(H2,27,33)(H,28,29,30). The average Bonchev–Trinajstić information content (AvgIpc) is 3.25. The second-order valence-corrected chi connectivity index (χ2v) is 8.63. The SMILES string of the molecule is COc1cc(Nc2ncc(Cl)c(-n3cc(C(N)=O)c4ccccc43)n2)ccc1N1CCCCC1. The van der Waals surface area contributed by atoms with Crippen LogP contribution in [-0.4, -0.2) is 40.6 Å². The molecule has 4 aromatic rings.